The first kappa shape index (κ1) is 24.6. The highest BCUT2D eigenvalue weighted by molar-refractivity contribution is 6.15. The van der Waals surface area contributed by atoms with Gasteiger partial charge in [-0.1, -0.05) is 115 Å². The fraction of sp³-hybridized carbons (Fsp3) is 0. The Hall–Kier alpha value is -6.00. The number of nitrogens with zero attached hydrogens (tertiary/aromatic N) is 4. The number of para-hydroxylation sites is 3. The quantitative estimate of drug-likeness (QED) is 0.214. The normalized spacial score (nSPS) is 11.6. The summed E-state index contributed by atoms with van der Waals surface area (Å²) in [6.45, 7) is 0. The van der Waals surface area contributed by atoms with E-state index in [1.807, 2.05) is 6.07 Å². The van der Waals surface area contributed by atoms with E-state index in [9.17, 15) is 0 Å². The molecule has 0 saturated carbocycles. The predicted molar refractivity (Wildman–Crippen MR) is 182 cm³/mol. The van der Waals surface area contributed by atoms with Crippen LogP contribution >= 0.6 is 0 Å². The van der Waals surface area contributed by atoms with Gasteiger partial charge in [0.25, 0.3) is 0 Å². The summed E-state index contributed by atoms with van der Waals surface area (Å²) in [5.74, 6) is 0.861. The van der Waals surface area contributed by atoms with Gasteiger partial charge in [0.15, 0.2) is 0 Å². The van der Waals surface area contributed by atoms with Crippen LogP contribution in [0.2, 0.25) is 0 Å². The Balaban J connectivity index is 1.41. The van der Waals surface area contributed by atoms with Crippen molar-refractivity contribution >= 4 is 43.9 Å². The van der Waals surface area contributed by atoms with Gasteiger partial charge >= 0.3 is 0 Å². The highest BCUT2D eigenvalue weighted by Gasteiger charge is 2.20. The predicted octanol–water partition coefficient (Wildman–Crippen LogP) is 10.0. The molecule has 44 heavy (non-hydrogen) atoms. The first-order valence-electron chi connectivity index (χ1n) is 14.9. The average Bonchev–Trinajstić information content (AvgIpc) is 3.60. The zero-order valence-electron chi connectivity index (χ0n) is 23.8. The molecule has 4 heteroatoms. The molecular weight excluding hydrogens is 536 g/mol. The lowest BCUT2D eigenvalue weighted by molar-refractivity contribution is 1.08. The number of aromatic nitrogens is 4. The molecule has 0 bridgehead atoms. The molecule has 0 aliphatic heterocycles. The molecule has 5 aromatic carbocycles. The smallest absolute Gasteiger partial charge is 0.138 e. The number of pyridine rings is 2. The Morgan fingerprint density at radius 2 is 0.886 bits per heavy atom. The van der Waals surface area contributed by atoms with E-state index in [1.54, 1.807) is 0 Å². The van der Waals surface area contributed by atoms with E-state index in [0.717, 1.165) is 77.8 Å². The number of rotatable bonds is 4. The molecule has 4 nitrogen and oxygen atoms in total. The summed E-state index contributed by atoms with van der Waals surface area (Å²) in [5, 5.41) is 2.25. The van der Waals surface area contributed by atoms with Crippen molar-refractivity contribution in [2.24, 2.45) is 0 Å². The molecule has 4 heterocycles. The van der Waals surface area contributed by atoms with Gasteiger partial charge in [-0.2, -0.15) is 0 Å². The maximum atomic E-state index is 5.42. The summed E-state index contributed by atoms with van der Waals surface area (Å²) in [6.07, 6.45) is 0. The fourth-order valence-corrected chi connectivity index (χ4v) is 6.51. The second kappa shape index (κ2) is 9.79. The number of hydrogen-bond acceptors (Lipinski definition) is 2. The highest BCUT2D eigenvalue weighted by atomic mass is 15.1. The van der Waals surface area contributed by atoms with Gasteiger partial charge in [-0.3, -0.25) is 4.57 Å². The van der Waals surface area contributed by atoms with Crippen LogP contribution in [-0.2, 0) is 0 Å². The van der Waals surface area contributed by atoms with Crippen molar-refractivity contribution in [2.75, 3.05) is 0 Å². The molecule has 0 aliphatic rings. The van der Waals surface area contributed by atoms with E-state index in [-0.39, 0.29) is 0 Å². The zero-order chi connectivity index (χ0) is 29.0. The zero-order valence-corrected chi connectivity index (χ0v) is 23.8. The lowest BCUT2D eigenvalue weighted by Crippen LogP contribution is -2.00. The molecule has 9 rings (SSSR count). The number of fused-ring (bicyclic) bond motifs is 6. The van der Waals surface area contributed by atoms with E-state index in [4.69, 9.17) is 9.97 Å². The van der Waals surface area contributed by atoms with Crippen molar-refractivity contribution in [1.82, 2.24) is 19.1 Å². The summed E-state index contributed by atoms with van der Waals surface area (Å²) in [6, 6.07) is 55.2. The molecule has 0 N–H and O–H groups in total. The first-order valence-corrected chi connectivity index (χ1v) is 14.9. The largest absolute Gasteiger partial charge is 0.308 e. The van der Waals surface area contributed by atoms with Crippen molar-refractivity contribution < 1.29 is 0 Å². The topological polar surface area (TPSA) is 35.6 Å². The Kier molecular flexibility index (Phi) is 5.47. The van der Waals surface area contributed by atoms with E-state index < -0.39 is 0 Å². The highest BCUT2D eigenvalue weighted by Crippen LogP contribution is 2.38. The molecule has 0 aliphatic carbocycles. The third-order valence-corrected chi connectivity index (χ3v) is 8.50. The molecule has 0 spiro atoms. The van der Waals surface area contributed by atoms with Crippen molar-refractivity contribution in [3.05, 3.63) is 158 Å². The van der Waals surface area contributed by atoms with Crippen molar-refractivity contribution in [2.45, 2.75) is 0 Å². The third-order valence-electron chi connectivity index (χ3n) is 8.50. The van der Waals surface area contributed by atoms with Gasteiger partial charge in [0.2, 0.25) is 0 Å². The molecule has 0 unspecified atom stereocenters. The minimum absolute atomic E-state index is 0.861. The van der Waals surface area contributed by atoms with E-state index in [1.165, 1.54) is 0 Å². The molecular formula is C40H26N4. The molecule has 9 aromatic rings. The van der Waals surface area contributed by atoms with Crippen LogP contribution in [-0.4, -0.2) is 19.1 Å². The molecule has 206 valence electrons. The van der Waals surface area contributed by atoms with Crippen LogP contribution in [0.5, 0.6) is 0 Å². The van der Waals surface area contributed by atoms with Crippen LogP contribution in [0.25, 0.3) is 77.8 Å². The summed E-state index contributed by atoms with van der Waals surface area (Å²) in [5.41, 5.74) is 11.7. The van der Waals surface area contributed by atoms with Crippen LogP contribution in [0.4, 0.5) is 0 Å². The molecule has 0 amide bonds. The summed E-state index contributed by atoms with van der Waals surface area (Å²) >= 11 is 0. The first-order chi connectivity index (χ1) is 21.8. The SMILES string of the molecule is c1ccc(-c2cc(-c3ccccc3)nc(-n3c4ccccc4c4nc5c6ccccc6n(-c6ccccc6)c5cc43)c2)cc1. The van der Waals surface area contributed by atoms with Crippen LogP contribution < -0.4 is 0 Å². The number of benzene rings is 5. The van der Waals surface area contributed by atoms with E-state index >= 15 is 0 Å². The lowest BCUT2D eigenvalue weighted by atomic mass is 10.0. The van der Waals surface area contributed by atoms with Crippen molar-refractivity contribution in [1.29, 1.82) is 0 Å². The van der Waals surface area contributed by atoms with Gasteiger partial charge < -0.3 is 4.57 Å². The summed E-state index contributed by atoms with van der Waals surface area (Å²) in [7, 11) is 0. The van der Waals surface area contributed by atoms with Crippen LogP contribution in [0, 0.1) is 0 Å². The molecule has 0 fully saturated rings. The van der Waals surface area contributed by atoms with Gasteiger partial charge in [-0.25, -0.2) is 9.97 Å². The van der Waals surface area contributed by atoms with Crippen LogP contribution in [0.15, 0.2) is 158 Å². The van der Waals surface area contributed by atoms with Crippen molar-refractivity contribution in [3.8, 4) is 33.9 Å². The summed E-state index contributed by atoms with van der Waals surface area (Å²) in [4.78, 5) is 10.7. The van der Waals surface area contributed by atoms with Gasteiger partial charge in [-0.05, 0) is 53.6 Å². The standard InChI is InChI=1S/C40H26N4/c1-4-14-27(15-5-1)29-24-33(28-16-6-2-7-17-28)41-38(25-29)44-35-23-13-11-21-32(35)40-37(44)26-36-39(42-40)31-20-10-12-22-34(31)43(36)30-18-8-3-9-19-30/h1-26H. The van der Waals surface area contributed by atoms with Crippen LogP contribution in [0.1, 0.15) is 0 Å². The minimum atomic E-state index is 0.861. The average molecular weight is 563 g/mol. The van der Waals surface area contributed by atoms with Gasteiger partial charge in [-0.15, -0.1) is 0 Å². The van der Waals surface area contributed by atoms with E-state index in [0.29, 0.717) is 0 Å². The summed E-state index contributed by atoms with van der Waals surface area (Å²) < 4.78 is 4.60. The Morgan fingerprint density at radius 3 is 1.55 bits per heavy atom. The Bertz CT molecular complexity index is 2420. The second-order valence-corrected chi connectivity index (χ2v) is 11.1. The van der Waals surface area contributed by atoms with Gasteiger partial charge in [0, 0.05) is 22.0 Å². The fourth-order valence-electron chi connectivity index (χ4n) is 6.51. The molecule has 0 radical (unpaired) electrons. The molecule has 4 aromatic heterocycles. The van der Waals surface area contributed by atoms with Gasteiger partial charge in [0.05, 0.1) is 38.8 Å². The second-order valence-electron chi connectivity index (χ2n) is 11.1. The lowest BCUT2D eigenvalue weighted by Gasteiger charge is -2.13. The van der Waals surface area contributed by atoms with Crippen molar-refractivity contribution in [3.63, 3.8) is 0 Å². The van der Waals surface area contributed by atoms with Gasteiger partial charge in [0.1, 0.15) is 5.82 Å². The minimum Gasteiger partial charge on any atom is -0.308 e. The molecule has 0 saturated heterocycles. The monoisotopic (exact) mass is 562 g/mol. The van der Waals surface area contributed by atoms with E-state index in [2.05, 4.69) is 161 Å². The number of hydrogen-bond donors (Lipinski definition) is 0. The van der Waals surface area contributed by atoms with Crippen LogP contribution in [0.3, 0.4) is 0 Å². The third kappa shape index (κ3) is 3.78. The maximum Gasteiger partial charge on any atom is 0.138 e. The maximum absolute atomic E-state index is 5.42. The molecule has 0 atom stereocenters. The Morgan fingerprint density at radius 1 is 0.364 bits per heavy atom. The Labute approximate surface area is 254 Å².